The number of hydrogen-bond donors (Lipinski definition) is 0. The molecule has 3 aromatic rings. The molecule has 0 radical (unpaired) electrons. The Hall–Kier alpha value is -3.09. The van der Waals surface area contributed by atoms with E-state index in [0.29, 0.717) is 22.9 Å². The Balaban J connectivity index is 1.98. The zero-order valence-electron chi connectivity index (χ0n) is 18.8. The van der Waals surface area contributed by atoms with Gasteiger partial charge < -0.3 is 4.74 Å². The Bertz CT molecular complexity index is 1250. The van der Waals surface area contributed by atoms with E-state index in [0.717, 1.165) is 27.6 Å². The van der Waals surface area contributed by atoms with Gasteiger partial charge in [0, 0.05) is 11.1 Å². The molecule has 0 saturated carbocycles. The van der Waals surface area contributed by atoms with Crippen molar-refractivity contribution in [1.29, 1.82) is 0 Å². The molecule has 0 aliphatic carbocycles. The highest BCUT2D eigenvalue weighted by molar-refractivity contribution is 7.93. The Labute approximate surface area is 200 Å². The smallest absolute Gasteiger partial charge is 0.271 e. The molecule has 3 aromatic carbocycles. The molecule has 0 aliphatic heterocycles. The quantitative estimate of drug-likeness (QED) is 0.359. The highest BCUT2D eigenvalue weighted by atomic mass is 35.5. The summed E-state index contributed by atoms with van der Waals surface area (Å²) in [6.07, 6.45) is 3.76. The zero-order chi connectivity index (χ0) is 24.0. The highest BCUT2D eigenvalue weighted by Gasteiger charge is 2.31. The number of ether oxygens (including phenoxy) is 1. The van der Waals surface area contributed by atoms with Gasteiger partial charge in [-0.2, -0.15) is 4.31 Å². The number of amides is 1. The second kappa shape index (κ2) is 10.7. The Morgan fingerprint density at radius 1 is 1.00 bits per heavy atom. The minimum atomic E-state index is -4.18. The summed E-state index contributed by atoms with van der Waals surface area (Å²) >= 11 is 5.93. The van der Waals surface area contributed by atoms with Crippen molar-refractivity contribution in [1.82, 2.24) is 0 Å². The average molecular weight is 484 g/mol. The molecule has 7 heteroatoms. The van der Waals surface area contributed by atoms with Crippen LogP contribution in [0.4, 0.5) is 5.69 Å². The van der Waals surface area contributed by atoms with Crippen molar-refractivity contribution >= 4 is 39.3 Å². The lowest BCUT2D eigenvalue weighted by Gasteiger charge is -2.23. The van der Waals surface area contributed by atoms with E-state index >= 15 is 0 Å². The summed E-state index contributed by atoms with van der Waals surface area (Å²) in [6.45, 7) is 6.27. The normalized spacial score (nSPS) is 11.5. The molecule has 0 aliphatic rings. The molecule has 0 unspecified atom stereocenters. The molecule has 1 amide bonds. The van der Waals surface area contributed by atoms with Gasteiger partial charge >= 0.3 is 0 Å². The fourth-order valence-corrected chi connectivity index (χ4v) is 4.72. The van der Waals surface area contributed by atoms with Crippen molar-refractivity contribution in [2.75, 3.05) is 10.9 Å². The van der Waals surface area contributed by atoms with E-state index in [1.165, 1.54) is 30.3 Å². The van der Waals surface area contributed by atoms with Crippen LogP contribution in [0.2, 0.25) is 5.02 Å². The van der Waals surface area contributed by atoms with E-state index in [1.54, 1.807) is 25.1 Å². The van der Waals surface area contributed by atoms with Gasteiger partial charge in [-0.3, -0.25) is 4.79 Å². The highest BCUT2D eigenvalue weighted by Crippen LogP contribution is 2.29. The number of aryl methyl sites for hydroxylation is 2. The van der Waals surface area contributed by atoms with Gasteiger partial charge in [-0.15, -0.1) is 0 Å². The predicted octanol–water partition coefficient (Wildman–Crippen LogP) is 6.18. The molecule has 33 heavy (non-hydrogen) atoms. The molecule has 0 N–H and O–H groups in total. The van der Waals surface area contributed by atoms with E-state index < -0.39 is 15.9 Å². The van der Waals surface area contributed by atoms with Crippen molar-refractivity contribution < 1.29 is 17.9 Å². The third-order valence-corrected chi connectivity index (χ3v) is 6.88. The summed E-state index contributed by atoms with van der Waals surface area (Å²) in [5, 5.41) is 0.407. The fourth-order valence-electron chi connectivity index (χ4n) is 3.15. The van der Waals surface area contributed by atoms with Crippen molar-refractivity contribution in [3.8, 4) is 5.75 Å². The van der Waals surface area contributed by atoms with Crippen LogP contribution in [-0.4, -0.2) is 20.9 Å². The van der Waals surface area contributed by atoms with E-state index in [1.807, 2.05) is 44.2 Å². The maximum absolute atomic E-state index is 13.5. The van der Waals surface area contributed by atoms with Crippen LogP contribution in [0.15, 0.2) is 77.7 Å². The predicted molar refractivity (Wildman–Crippen MR) is 133 cm³/mol. The molecule has 172 valence electrons. The van der Waals surface area contributed by atoms with Gasteiger partial charge in [-0.05, 0) is 85.5 Å². The second-order valence-electron chi connectivity index (χ2n) is 7.60. The lowest BCUT2D eigenvalue weighted by atomic mass is 10.1. The van der Waals surface area contributed by atoms with Crippen LogP contribution in [0.5, 0.6) is 5.75 Å². The van der Waals surface area contributed by atoms with Crippen LogP contribution in [0, 0.1) is 13.8 Å². The van der Waals surface area contributed by atoms with Crippen molar-refractivity contribution in [2.24, 2.45) is 0 Å². The number of hydrogen-bond acceptors (Lipinski definition) is 4. The number of nitrogens with zero attached hydrogens (tertiary/aromatic N) is 1. The maximum atomic E-state index is 13.5. The standard InChI is InChI=1S/C26H26ClNO4S/c1-4-17-32-23-12-7-21(8-13-23)9-16-26(29)28(25-18-19(2)5-6-20(25)3)33(30,31)24-14-10-22(27)11-15-24/h5-16,18H,4,17H2,1-3H3/b16-9+. The van der Waals surface area contributed by atoms with E-state index in [-0.39, 0.29) is 4.90 Å². The molecule has 0 bridgehead atoms. The van der Waals surface area contributed by atoms with Gasteiger partial charge in [-0.25, -0.2) is 8.42 Å². The molecule has 0 spiro atoms. The molecule has 0 fully saturated rings. The van der Waals surface area contributed by atoms with Gasteiger partial charge in [0.25, 0.3) is 15.9 Å². The minimum Gasteiger partial charge on any atom is -0.494 e. The zero-order valence-corrected chi connectivity index (χ0v) is 20.4. The van der Waals surface area contributed by atoms with E-state index in [2.05, 4.69) is 0 Å². The van der Waals surface area contributed by atoms with Crippen LogP contribution in [0.25, 0.3) is 6.08 Å². The minimum absolute atomic E-state index is 0.0213. The van der Waals surface area contributed by atoms with Crippen LogP contribution < -0.4 is 9.04 Å². The molecule has 0 heterocycles. The van der Waals surface area contributed by atoms with Crippen LogP contribution >= 0.6 is 11.6 Å². The van der Waals surface area contributed by atoms with Crippen molar-refractivity contribution in [3.63, 3.8) is 0 Å². The van der Waals surface area contributed by atoms with Gasteiger partial charge in [-0.1, -0.05) is 42.8 Å². The first-order valence-corrected chi connectivity index (χ1v) is 12.4. The number of anilines is 1. The molecule has 0 atom stereocenters. The first-order chi connectivity index (χ1) is 15.7. The maximum Gasteiger partial charge on any atom is 0.271 e. The van der Waals surface area contributed by atoms with Gasteiger partial charge in [0.15, 0.2) is 0 Å². The molecule has 3 rings (SSSR count). The lowest BCUT2D eigenvalue weighted by molar-refractivity contribution is -0.113. The van der Waals surface area contributed by atoms with Crippen molar-refractivity contribution in [3.05, 3.63) is 94.5 Å². The molecular formula is C26H26ClNO4S. The first kappa shape index (κ1) is 24.6. The first-order valence-electron chi connectivity index (χ1n) is 10.6. The summed E-state index contributed by atoms with van der Waals surface area (Å²) in [7, 11) is -4.18. The largest absolute Gasteiger partial charge is 0.494 e. The topological polar surface area (TPSA) is 63.7 Å². The molecule has 0 aromatic heterocycles. The summed E-state index contributed by atoms with van der Waals surface area (Å²) in [4.78, 5) is 13.3. The summed E-state index contributed by atoms with van der Waals surface area (Å²) in [5.41, 5.74) is 2.56. The fraction of sp³-hybridized carbons (Fsp3) is 0.192. The molecule has 0 saturated heterocycles. The lowest BCUT2D eigenvalue weighted by Crippen LogP contribution is -2.36. The third kappa shape index (κ3) is 6.03. The van der Waals surface area contributed by atoms with Crippen LogP contribution in [0.3, 0.4) is 0 Å². The van der Waals surface area contributed by atoms with Crippen LogP contribution in [0.1, 0.15) is 30.0 Å². The monoisotopic (exact) mass is 483 g/mol. The number of carbonyl (C=O) groups is 1. The summed E-state index contributed by atoms with van der Waals surface area (Å²) in [6, 6.07) is 18.3. The van der Waals surface area contributed by atoms with E-state index in [4.69, 9.17) is 16.3 Å². The number of sulfonamides is 1. The van der Waals surface area contributed by atoms with Gasteiger partial charge in [0.2, 0.25) is 0 Å². The Kier molecular flexibility index (Phi) is 7.95. The number of benzene rings is 3. The summed E-state index contributed by atoms with van der Waals surface area (Å²) < 4.78 is 33.4. The third-order valence-electron chi connectivity index (χ3n) is 4.91. The number of halogens is 1. The van der Waals surface area contributed by atoms with Gasteiger partial charge in [0.1, 0.15) is 5.75 Å². The average Bonchev–Trinajstić information content (AvgIpc) is 2.79. The number of carbonyl (C=O) groups excluding carboxylic acids is 1. The SMILES string of the molecule is CCCOc1ccc(/C=C/C(=O)N(c2cc(C)ccc2C)S(=O)(=O)c2ccc(Cl)cc2)cc1. The van der Waals surface area contributed by atoms with Crippen molar-refractivity contribution in [2.45, 2.75) is 32.1 Å². The second-order valence-corrected chi connectivity index (χ2v) is 9.83. The van der Waals surface area contributed by atoms with Crippen LogP contribution in [-0.2, 0) is 14.8 Å². The summed E-state index contributed by atoms with van der Waals surface area (Å²) in [5.74, 6) is 0.0626. The van der Waals surface area contributed by atoms with Gasteiger partial charge in [0.05, 0.1) is 17.2 Å². The van der Waals surface area contributed by atoms with E-state index in [9.17, 15) is 13.2 Å². The molecular weight excluding hydrogens is 458 g/mol. The Morgan fingerprint density at radius 2 is 1.67 bits per heavy atom. The molecule has 5 nitrogen and oxygen atoms in total. The number of rotatable bonds is 8. The Morgan fingerprint density at radius 3 is 2.30 bits per heavy atom.